The minimum atomic E-state index is -0.167. The predicted molar refractivity (Wildman–Crippen MR) is 89.3 cm³/mol. The van der Waals surface area contributed by atoms with Gasteiger partial charge < -0.3 is 10.5 Å². The summed E-state index contributed by atoms with van der Waals surface area (Å²) in [6.45, 7) is 4.63. The lowest BCUT2D eigenvalue weighted by molar-refractivity contribution is -0.144. The van der Waals surface area contributed by atoms with Gasteiger partial charge in [0, 0.05) is 15.1 Å². The first-order chi connectivity index (χ1) is 9.45. The van der Waals surface area contributed by atoms with Crippen molar-refractivity contribution < 1.29 is 9.53 Å². The Bertz CT molecular complexity index is 471. The number of carbonyl (C=O) groups is 1. The molecule has 0 spiro atoms. The number of hydrogen-bond acceptors (Lipinski definition) is 4. The fraction of sp³-hybridized carbons (Fsp3) is 0.500. The minimum absolute atomic E-state index is 0.167. The molecule has 0 fully saturated rings. The lowest BCUT2D eigenvalue weighted by Crippen LogP contribution is -2.11. The SMILES string of the molecule is CCC(C)COC(=O)CCSc1ccc(Br)c(Cl)c1N. The van der Waals surface area contributed by atoms with E-state index in [4.69, 9.17) is 22.1 Å². The highest BCUT2D eigenvalue weighted by Gasteiger charge is 2.10. The maximum absolute atomic E-state index is 11.6. The van der Waals surface area contributed by atoms with Gasteiger partial charge in [-0.15, -0.1) is 11.8 Å². The molecule has 0 saturated carbocycles. The summed E-state index contributed by atoms with van der Waals surface area (Å²) in [5, 5.41) is 0.509. The number of hydrogen-bond donors (Lipinski definition) is 1. The Morgan fingerprint density at radius 2 is 2.25 bits per heavy atom. The molecule has 0 saturated heterocycles. The predicted octanol–water partition coefficient (Wildman–Crippen LogP) is 4.76. The van der Waals surface area contributed by atoms with Gasteiger partial charge in [0.05, 0.1) is 23.7 Å². The van der Waals surface area contributed by atoms with E-state index in [-0.39, 0.29) is 5.97 Å². The summed E-state index contributed by atoms with van der Waals surface area (Å²) in [6.07, 6.45) is 1.38. The number of thioether (sulfide) groups is 1. The van der Waals surface area contributed by atoms with E-state index in [0.29, 0.717) is 35.4 Å². The van der Waals surface area contributed by atoms with Crippen LogP contribution in [0.15, 0.2) is 21.5 Å². The Morgan fingerprint density at radius 1 is 1.55 bits per heavy atom. The molecule has 1 rings (SSSR count). The molecule has 0 amide bonds. The molecule has 0 aliphatic carbocycles. The van der Waals surface area contributed by atoms with Crippen molar-refractivity contribution in [2.24, 2.45) is 5.92 Å². The Labute approximate surface area is 137 Å². The number of benzene rings is 1. The molecule has 0 aliphatic heterocycles. The van der Waals surface area contributed by atoms with Crippen LogP contribution in [0.5, 0.6) is 0 Å². The van der Waals surface area contributed by atoms with Gasteiger partial charge in [-0.2, -0.15) is 0 Å². The standard InChI is InChI=1S/C14H19BrClNO2S/c1-3-9(2)8-19-12(18)6-7-20-11-5-4-10(15)13(16)14(11)17/h4-5,9H,3,6-8,17H2,1-2H3. The number of rotatable bonds is 7. The Kier molecular flexibility index (Phi) is 7.77. The van der Waals surface area contributed by atoms with Crippen molar-refractivity contribution in [1.29, 1.82) is 0 Å². The highest BCUT2D eigenvalue weighted by atomic mass is 79.9. The van der Waals surface area contributed by atoms with E-state index >= 15 is 0 Å². The summed E-state index contributed by atoms with van der Waals surface area (Å²) in [5.41, 5.74) is 6.46. The third-order valence-electron chi connectivity index (χ3n) is 2.88. The summed E-state index contributed by atoms with van der Waals surface area (Å²) >= 11 is 10.9. The van der Waals surface area contributed by atoms with Gasteiger partial charge in [-0.1, -0.05) is 31.9 Å². The third-order valence-corrected chi connectivity index (χ3v) is 5.25. The molecule has 1 atom stereocenters. The van der Waals surface area contributed by atoms with Crippen molar-refractivity contribution in [1.82, 2.24) is 0 Å². The highest BCUT2D eigenvalue weighted by molar-refractivity contribution is 9.10. The first-order valence-electron chi connectivity index (χ1n) is 6.47. The lowest BCUT2D eigenvalue weighted by atomic mass is 10.1. The average molecular weight is 381 g/mol. The maximum atomic E-state index is 11.6. The van der Waals surface area contributed by atoms with Gasteiger partial charge in [-0.25, -0.2) is 0 Å². The van der Waals surface area contributed by atoms with Crippen LogP contribution in [0, 0.1) is 5.92 Å². The molecule has 112 valence electrons. The molecule has 1 aromatic rings. The zero-order chi connectivity index (χ0) is 15.1. The van der Waals surface area contributed by atoms with Crippen molar-refractivity contribution in [3.05, 3.63) is 21.6 Å². The molecule has 1 unspecified atom stereocenters. The molecule has 3 nitrogen and oxygen atoms in total. The van der Waals surface area contributed by atoms with Gasteiger partial charge in [0.25, 0.3) is 0 Å². The Morgan fingerprint density at radius 3 is 2.90 bits per heavy atom. The van der Waals surface area contributed by atoms with Crippen LogP contribution in [-0.4, -0.2) is 18.3 Å². The van der Waals surface area contributed by atoms with Crippen LogP contribution < -0.4 is 5.73 Å². The van der Waals surface area contributed by atoms with Crippen molar-refractivity contribution in [2.75, 3.05) is 18.1 Å². The smallest absolute Gasteiger partial charge is 0.306 e. The van der Waals surface area contributed by atoms with Crippen LogP contribution in [0.3, 0.4) is 0 Å². The van der Waals surface area contributed by atoms with Gasteiger partial charge in [-0.3, -0.25) is 4.79 Å². The molecular formula is C14H19BrClNO2S. The lowest BCUT2D eigenvalue weighted by Gasteiger charge is -2.10. The van der Waals surface area contributed by atoms with E-state index in [9.17, 15) is 4.79 Å². The number of halogens is 2. The largest absolute Gasteiger partial charge is 0.465 e. The number of esters is 1. The second kappa shape index (κ2) is 8.80. The van der Waals surface area contributed by atoms with Crippen LogP contribution in [0.4, 0.5) is 5.69 Å². The van der Waals surface area contributed by atoms with E-state index < -0.39 is 0 Å². The van der Waals surface area contributed by atoms with E-state index in [1.807, 2.05) is 12.1 Å². The van der Waals surface area contributed by atoms with Crippen molar-refractivity contribution >= 4 is 50.9 Å². The van der Waals surface area contributed by atoms with Crippen LogP contribution in [-0.2, 0) is 9.53 Å². The number of carbonyl (C=O) groups excluding carboxylic acids is 1. The molecule has 2 N–H and O–H groups in total. The quantitative estimate of drug-likeness (QED) is 0.421. The van der Waals surface area contributed by atoms with Crippen molar-refractivity contribution in [3.63, 3.8) is 0 Å². The molecule has 0 aliphatic rings. The normalized spacial score (nSPS) is 12.2. The second-order valence-electron chi connectivity index (χ2n) is 4.57. The van der Waals surface area contributed by atoms with Gasteiger partial charge in [-0.05, 0) is 34.0 Å². The van der Waals surface area contributed by atoms with Crippen molar-refractivity contribution in [3.8, 4) is 0 Å². The van der Waals surface area contributed by atoms with Crippen LogP contribution in [0.1, 0.15) is 26.7 Å². The number of anilines is 1. The van der Waals surface area contributed by atoms with Gasteiger partial charge >= 0.3 is 5.97 Å². The highest BCUT2D eigenvalue weighted by Crippen LogP contribution is 2.36. The maximum Gasteiger partial charge on any atom is 0.306 e. The molecule has 6 heteroatoms. The molecule has 0 aromatic heterocycles. The Hall–Kier alpha value is -0.390. The average Bonchev–Trinajstić information content (AvgIpc) is 2.44. The fourth-order valence-corrected chi connectivity index (χ4v) is 2.82. The Balaban J connectivity index is 2.38. The number of nitrogens with two attached hydrogens (primary N) is 1. The third kappa shape index (κ3) is 5.54. The first-order valence-corrected chi connectivity index (χ1v) is 8.63. The summed E-state index contributed by atoms with van der Waals surface area (Å²) in [5.74, 6) is 0.869. The van der Waals surface area contributed by atoms with Gasteiger partial charge in [0.2, 0.25) is 0 Å². The second-order valence-corrected chi connectivity index (χ2v) is 6.94. The van der Waals surface area contributed by atoms with E-state index in [1.165, 1.54) is 11.8 Å². The zero-order valence-corrected chi connectivity index (χ0v) is 14.8. The van der Waals surface area contributed by atoms with Crippen LogP contribution >= 0.6 is 39.3 Å². The first kappa shape index (κ1) is 17.7. The van der Waals surface area contributed by atoms with E-state index in [0.717, 1.165) is 15.8 Å². The summed E-state index contributed by atoms with van der Waals surface area (Å²) in [6, 6.07) is 3.74. The molecule has 20 heavy (non-hydrogen) atoms. The molecular weight excluding hydrogens is 362 g/mol. The molecule has 0 radical (unpaired) electrons. The number of ether oxygens (including phenoxy) is 1. The topological polar surface area (TPSA) is 52.3 Å². The summed E-state index contributed by atoms with van der Waals surface area (Å²) in [7, 11) is 0. The van der Waals surface area contributed by atoms with Crippen molar-refractivity contribution in [2.45, 2.75) is 31.6 Å². The van der Waals surface area contributed by atoms with E-state index in [1.54, 1.807) is 0 Å². The summed E-state index contributed by atoms with van der Waals surface area (Å²) in [4.78, 5) is 12.4. The monoisotopic (exact) mass is 379 g/mol. The number of nitrogen functional groups attached to an aromatic ring is 1. The molecule has 1 aromatic carbocycles. The molecule has 0 bridgehead atoms. The molecule has 0 heterocycles. The van der Waals surface area contributed by atoms with Gasteiger partial charge in [0.15, 0.2) is 0 Å². The van der Waals surface area contributed by atoms with E-state index in [2.05, 4.69) is 29.8 Å². The summed E-state index contributed by atoms with van der Waals surface area (Å²) < 4.78 is 5.96. The van der Waals surface area contributed by atoms with Gasteiger partial charge in [0.1, 0.15) is 0 Å². The van der Waals surface area contributed by atoms with Crippen LogP contribution in [0.25, 0.3) is 0 Å². The zero-order valence-electron chi connectivity index (χ0n) is 11.6. The minimum Gasteiger partial charge on any atom is -0.465 e. The fourth-order valence-electron chi connectivity index (χ4n) is 1.34. The van der Waals surface area contributed by atoms with Crippen LogP contribution in [0.2, 0.25) is 5.02 Å².